The number of halogens is 2. The number of carbonyl (C=O) groups excluding carboxylic acids is 1. The summed E-state index contributed by atoms with van der Waals surface area (Å²) in [5.41, 5.74) is 4.36. The van der Waals surface area contributed by atoms with Crippen LogP contribution in [0.1, 0.15) is 15.9 Å². The van der Waals surface area contributed by atoms with Crippen LogP contribution in [0, 0.1) is 11.6 Å². The number of furan rings is 1. The maximum atomic E-state index is 13.5. The van der Waals surface area contributed by atoms with Crippen LogP contribution in [0.4, 0.5) is 8.78 Å². The molecule has 5 aromatic rings. The Morgan fingerprint density at radius 3 is 2.24 bits per heavy atom. The monoisotopic (exact) mass is 498 g/mol. The predicted octanol–water partition coefficient (Wildman–Crippen LogP) is 6.53. The molecule has 0 atom stereocenters. The molecular weight excluding hydrogens is 474 g/mol. The molecule has 5 rings (SSSR count). The van der Waals surface area contributed by atoms with Crippen LogP contribution < -0.4 is 15.4 Å². The van der Waals surface area contributed by atoms with Gasteiger partial charge in [-0.15, -0.1) is 0 Å². The Morgan fingerprint density at radius 1 is 0.838 bits per heavy atom. The SMILES string of the molecule is CNCOc1c(-c2ccc(F)cc2)oc2ccc(-c3cccc(C(=O)NCc4ccc(F)cc4)c3)cc12. The fourth-order valence-corrected chi connectivity index (χ4v) is 4.06. The largest absolute Gasteiger partial charge is 0.474 e. The Kier molecular flexibility index (Phi) is 6.96. The Bertz CT molecular complexity index is 1540. The quantitative estimate of drug-likeness (QED) is 0.239. The minimum absolute atomic E-state index is 0.229. The molecule has 1 heterocycles. The standard InChI is InChI=1S/C30H24F2N2O3/c1-33-18-36-29-26-16-22(9-14-27(26)37-28(29)20-7-12-25(32)13-8-20)21-3-2-4-23(15-21)30(35)34-17-19-5-10-24(31)11-6-19/h2-16,33H,17-18H2,1H3,(H,34,35). The minimum atomic E-state index is -0.332. The second-order valence-electron chi connectivity index (χ2n) is 8.51. The zero-order valence-electron chi connectivity index (χ0n) is 20.1. The molecule has 0 spiro atoms. The van der Waals surface area contributed by atoms with Gasteiger partial charge < -0.3 is 14.5 Å². The first kappa shape index (κ1) is 24.2. The van der Waals surface area contributed by atoms with Crippen molar-refractivity contribution in [1.29, 1.82) is 0 Å². The summed E-state index contributed by atoms with van der Waals surface area (Å²) in [6.07, 6.45) is 0. The number of carbonyl (C=O) groups is 1. The van der Waals surface area contributed by atoms with Crippen molar-refractivity contribution < 1.29 is 22.7 Å². The van der Waals surface area contributed by atoms with E-state index in [-0.39, 0.29) is 24.3 Å². The van der Waals surface area contributed by atoms with Crippen LogP contribution in [-0.2, 0) is 6.54 Å². The van der Waals surface area contributed by atoms with E-state index in [2.05, 4.69) is 10.6 Å². The first-order valence-corrected chi connectivity index (χ1v) is 11.7. The van der Waals surface area contributed by atoms with Gasteiger partial charge in [-0.1, -0.05) is 30.3 Å². The summed E-state index contributed by atoms with van der Waals surface area (Å²) in [4.78, 5) is 12.8. The molecule has 4 aromatic carbocycles. The molecule has 0 saturated carbocycles. The van der Waals surface area contributed by atoms with Gasteiger partial charge in [0.2, 0.25) is 0 Å². The summed E-state index contributed by atoms with van der Waals surface area (Å²) in [5, 5.41) is 6.60. The van der Waals surface area contributed by atoms with Crippen molar-refractivity contribution in [1.82, 2.24) is 10.6 Å². The summed E-state index contributed by atoms with van der Waals surface area (Å²) >= 11 is 0. The average Bonchev–Trinajstić information content (AvgIpc) is 3.29. The molecule has 0 fully saturated rings. The van der Waals surface area contributed by atoms with Crippen LogP contribution in [0.15, 0.2) is 95.4 Å². The maximum Gasteiger partial charge on any atom is 0.251 e. The second-order valence-corrected chi connectivity index (χ2v) is 8.51. The number of hydrogen-bond acceptors (Lipinski definition) is 4. The smallest absolute Gasteiger partial charge is 0.251 e. The van der Waals surface area contributed by atoms with Gasteiger partial charge in [-0.25, -0.2) is 8.78 Å². The van der Waals surface area contributed by atoms with Gasteiger partial charge in [0.15, 0.2) is 11.5 Å². The van der Waals surface area contributed by atoms with Gasteiger partial charge >= 0.3 is 0 Å². The molecule has 7 heteroatoms. The maximum absolute atomic E-state index is 13.5. The Morgan fingerprint density at radius 2 is 1.51 bits per heavy atom. The van der Waals surface area contributed by atoms with Crippen molar-refractivity contribution in [2.75, 3.05) is 13.8 Å². The van der Waals surface area contributed by atoms with Crippen LogP contribution in [0.25, 0.3) is 33.4 Å². The van der Waals surface area contributed by atoms with Crippen LogP contribution in [-0.4, -0.2) is 19.7 Å². The highest BCUT2D eigenvalue weighted by Crippen LogP contribution is 2.41. The van der Waals surface area contributed by atoms with E-state index in [4.69, 9.17) is 9.15 Å². The van der Waals surface area contributed by atoms with Crippen LogP contribution in [0.5, 0.6) is 5.75 Å². The fourth-order valence-electron chi connectivity index (χ4n) is 4.06. The van der Waals surface area contributed by atoms with E-state index in [9.17, 15) is 13.6 Å². The first-order valence-electron chi connectivity index (χ1n) is 11.7. The number of nitrogens with one attached hydrogen (secondary N) is 2. The number of hydrogen-bond donors (Lipinski definition) is 2. The molecule has 37 heavy (non-hydrogen) atoms. The number of benzene rings is 4. The van der Waals surface area contributed by atoms with E-state index in [1.165, 1.54) is 24.3 Å². The molecule has 0 aliphatic rings. The molecule has 186 valence electrons. The molecule has 0 saturated heterocycles. The lowest BCUT2D eigenvalue weighted by Crippen LogP contribution is -2.22. The highest BCUT2D eigenvalue weighted by atomic mass is 19.1. The van der Waals surface area contributed by atoms with E-state index >= 15 is 0 Å². The van der Waals surface area contributed by atoms with E-state index in [0.29, 0.717) is 34.8 Å². The van der Waals surface area contributed by atoms with Gasteiger partial charge in [0.05, 0.1) is 5.39 Å². The van der Waals surface area contributed by atoms with Crippen molar-refractivity contribution in [3.8, 4) is 28.2 Å². The summed E-state index contributed by atoms with van der Waals surface area (Å²) in [5.74, 6) is 0.178. The van der Waals surface area contributed by atoms with Gasteiger partial charge in [-0.3, -0.25) is 10.1 Å². The lowest BCUT2D eigenvalue weighted by atomic mass is 10.0. The minimum Gasteiger partial charge on any atom is -0.474 e. The van der Waals surface area contributed by atoms with Crippen molar-refractivity contribution in [3.05, 3.63) is 114 Å². The fraction of sp³-hybridized carbons (Fsp3) is 0.100. The van der Waals surface area contributed by atoms with Crippen LogP contribution in [0.2, 0.25) is 0 Å². The van der Waals surface area contributed by atoms with E-state index in [1.807, 2.05) is 36.4 Å². The second kappa shape index (κ2) is 10.6. The van der Waals surface area contributed by atoms with E-state index in [1.54, 1.807) is 37.4 Å². The van der Waals surface area contributed by atoms with E-state index < -0.39 is 0 Å². The van der Waals surface area contributed by atoms with Crippen molar-refractivity contribution >= 4 is 16.9 Å². The molecule has 0 bridgehead atoms. The third-order valence-electron chi connectivity index (χ3n) is 5.93. The average molecular weight is 499 g/mol. The lowest BCUT2D eigenvalue weighted by Gasteiger charge is -2.09. The molecule has 0 unspecified atom stereocenters. The molecule has 1 amide bonds. The predicted molar refractivity (Wildman–Crippen MR) is 139 cm³/mol. The van der Waals surface area contributed by atoms with Gasteiger partial charge in [0.25, 0.3) is 5.91 Å². The van der Waals surface area contributed by atoms with Gasteiger partial charge in [0, 0.05) is 17.7 Å². The van der Waals surface area contributed by atoms with E-state index in [0.717, 1.165) is 22.1 Å². The molecule has 1 aromatic heterocycles. The summed E-state index contributed by atoms with van der Waals surface area (Å²) in [6.45, 7) is 0.555. The summed E-state index contributed by atoms with van der Waals surface area (Å²) < 4.78 is 38.7. The van der Waals surface area contributed by atoms with Crippen molar-refractivity contribution in [2.24, 2.45) is 0 Å². The van der Waals surface area contributed by atoms with Gasteiger partial charge in [-0.2, -0.15) is 0 Å². The molecule has 0 radical (unpaired) electrons. The molecule has 5 nitrogen and oxygen atoms in total. The number of amides is 1. The third kappa shape index (κ3) is 5.37. The molecule has 0 aliphatic carbocycles. The van der Waals surface area contributed by atoms with Gasteiger partial charge in [0.1, 0.15) is 23.9 Å². The zero-order chi connectivity index (χ0) is 25.8. The Balaban J connectivity index is 1.45. The lowest BCUT2D eigenvalue weighted by molar-refractivity contribution is 0.0951. The molecular formula is C30H24F2N2O3. The number of ether oxygens (including phenoxy) is 1. The molecule has 2 N–H and O–H groups in total. The summed E-state index contributed by atoms with van der Waals surface area (Å²) in [6, 6.07) is 25.1. The topological polar surface area (TPSA) is 63.5 Å². The number of rotatable bonds is 8. The zero-order valence-corrected chi connectivity index (χ0v) is 20.1. The Hall–Kier alpha value is -4.49. The Labute approximate surface area is 212 Å². The van der Waals surface area contributed by atoms with Gasteiger partial charge in [-0.05, 0) is 84.4 Å². The highest BCUT2D eigenvalue weighted by Gasteiger charge is 2.19. The van der Waals surface area contributed by atoms with Crippen LogP contribution >= 0.6 is 0 Å². The molecule has 0 aliphatic heterocycles. The summed E-state index contributed by atoms with van der Waals surface area (Å²) in [7, 11) is 1.78. The normalized spacial score (nSPS) is 11.0. The van der Waals surface area contributed by atoms with Crippen molar-refractivity contribution in [3.63, 3.8) is 0 Å². The van der Waals surface area contributed by atoms with Crippen molar-refractivity contribution in [2.45, 2.75) is 6.54 Å². The first-order chi connectivity index (χ1) is 18.0. The number of fused-ring (bicyclic) bond motifs is 1. The highest BCUT2D eigenvalue weighted by molar-refractivity contribution is 5.97. The third-order valence-corrected chi connectivity index (χ3v) is 5.93. The van der Waals surface area contributed by atoms with Crippen LogP contribution in [0.3, 0.4) is 0 Å².